The Balaban J connectivity index is 2.30. The topological polar surface area (TPSA) is 0 Å². The Morgan fingerprint density at radius 2 is 2.00 bits per heavy atom. The second-order valence-corrected chi connectivity index (χ2v) is 0.471. The van der Waals surface area contributed by atoms with Gasteiger partial charge in [-0.25, -0.2) is 0 Å². The van der Waals surface area contributed by atoms with Crippen LogP contribution in [0.25, 0.3) is 0 Å². The molecule has 0 atom stereocenters. The van der Waals surface area contributed by atoms with Crippen molar-refractivity contribution >= 4 is 21.3 Å². The molecule has 0 aromatic rings. The van der Waals surface area contributed by atoms with Gasteiger partial charge in [0.15, 0.2) is 0 Å². The summed E-state index contributed by atoms with van der Waals surface area (Å²) in [6.45, 7) is 0. The second-order valence-electron chi connectivity index (χ2n) is 0.471. The molecule has 3 radical (unpaired) electrons. The van der Waals surface area contributed by atoms with E-state index in [2.05, 4.69) is 0 Å². The first-order valence-electron chi connectivity index (χ1n) is 1.15. The number of hydrogen-bond acceptors (Lipinski definition) is 0. The Morgan fingerprint density at radius 1 is 1.75 bits per heavy atom. The Labute approximate surface area is 28.7 Å². The van der Waals surface area contributed by atoms with E-state index >= 15 is 0 Å². The summed E-state index contributed by atoms with van der Waals surface area (Å²) < 4.78 is 0. The fraction of sp³-hybridized carbons (Fsp3) is 0.500. The molecular formula is C2H3B2. The zero-order valence-corrected chi connectivity index (χ0v) is 2.44. The van der Waals surface area contributed by atoms with Gasteiger partial charge in [-0.15, -0.1) is 0 Å². The standard InChI is InChI=1S/C2H3B2/c3-1-2-4/h1H,2H2. The summed E-state index contributed by atoms with van der Waals surface area (Å²) >= 11 is 0. The monoisotopic (exact) mass is 49.0 g/mol. The molecule has 0 spiro atoms. The van der Waals surface area contributed by atoms with Crippen molar-refractivity contribution in [1.82, 2.24) is 0 Å². The van der Waals surface area contributed by atoms with Crippen LogP contribution in [0.2, 0.25) is 6.32 Å². The van der Waals surface area contributed by atoms with Crippen LogP contribution in [0.4, 0.5) is 0 Å². The first-order valence-corrected chi connectivity index (χ1v) is 1.15. The van der Waals surface area contributed by atoms with Gasteiger partial charge in [-0.2, -0.15) is 0 Å². The summed E-state index contributed by atoms with van der Waals surface area (Å²) in [5.41, 5.74) is 0. The van der Waals surface area contributed by atoms with Crippen LogP contribution in [-0.4, -0.2) is 21.3 Å². The second kappa shape index (κ2) is 3.00. The van der Waals surface area contributed by atoms with Crippen molar-refractivity contribution in [3.63, 3.8) is 0 Å². The number of rotatable bonds is 1. The minimum atomic E-state index is 0.472. The molecule has 0 aliphatic carbocycles. The molecule has 0 aliphatic heterocycles. The van der Waals surface area contributed by atoms with Gasteiger partial charge < -0.3 is 0 Å². The Morgan fingerprint density at radius 3 is 2.00 bits per heavy atom. The summed E-state index contributed by atoms with van der Waals surface area (Å²) in [5.74, 6) is 1.40. The molecule has 0 saturated carbocycles. The molecule has 0 unspecified atom stereocenters. The van der Waals surface area contributed by atoms with Crippen LogP contribution in [0.3, 0.4) is 0 Å². The number of hydrogen-bond donors (Lipinski definition) is 0. The van der Waals surface area contributed by atoms with Crippen LogP contribution >= 0.6 is 0 Å². The molecule has 0 bridgehead atoms. The minimum absolute atomic E-state index is 0.472. The van der Waals surface area contributed by atoms with E-state index < -0.39 is 0 Å². The molecule has 0 fully saturated rings. The van der Waals surface area contributed by atoms with E-state index in [9.17, 15) is 0 Å². The molecule has 4 heavy (non-hydrogen) atoms. The normalized spacial score (nSPS) is 5.75. The van der Waals surface area contributed by atoms with Gasteiger partial charge in [-0.05, 0) is 0 Å². The van der Waals surface area contributed by atoms with Crippen molar-refractivity contribution in [2.45, 2.75) is 6.32 Å². The van der Waals surface area contributed by atoms with E-state index in [1.807, 2.05) is 0 Å². The molecule has 0 N–H and O–H groups in total. The van der Waals surface area contributed by atoms with Crippen molar-refractivity contribution in [3.8, 4) is 0 Å². The molecule has 17 valence electrons. The van der Waals surface area contributed by atoms with Crippen LogP contribution < -0.4 is 0 Å². The zero-order chi connectivity index (χ0) is 3.41. The summed E-state index contributed by atoms with van der Waals surface area (Å²) in [5, 5.41) is 0. The maximum absolute atomic E-state index is 4.85. The quantitative estimate of drug-likeness (QED) is 0.352. The van der Waals surface area contributed by atoms with Crippen LogP contribution in [0.15, 0.2) is 0 Å². The molecule has 0 nitrogen and oxygen atoms in total. The van der Waals surface area contributed by atoms with Gasteiger partial charge in [0.05, 0.1) is 0 Å². The fourth-order valence-corrected chi connectivity index (χ4v) is 0. The van der Waals surface area contributed by atoms with Gasteiger partial charge in [-0.3, -0.25) is 0 Å². The summed E-state index contributed by atoms with van der Waals surface area (Å²) in [7, 11) is 9.62. The Hall–Kier alpha value is -0.000130. The molecule has 0 amide bonds. The molecule has 0 saturated heterocycles. The van der Waals surface area contributed by atoms with Gasteiger partial charge >= 0.3 is 27.6 Å². The van der Waals surface area contributed by atoms with Gasteiger partial charge in [0.2, 0.25) is 0 Å². The summed E-state index contributed by atoms with van der Waals surface area (Å²) in [6, 6.07) is 0. The van der Waals surface area contributed by atoms with Gasteiger partial charge in [-0.1, -0.05) is 0 Å². The molecule has 2 heteroatoms. The van der Waals surface area contributed by atoms with Gasteiger partial charge in [0.1, 0.15) is 0 Å². The van der Waals surface area contributed by atoms with E-state index in [-0.39, 0.29) is 0 Å². The molecule has 0 rings (SSSR count). The van der Waals surface area contributed by atoms with E-state index in [1.54, 1.807) is 0 Å². The summed E-state index contributed by atoms with van der Waals surface area (Å²) in [4.78, 5) is 0. The molecular weight excluding hydrogens is 45.6 g/mol. The van der Waals surface area contributed by atoms with Crippen molar-refractivity contribution in [2.24, 2.45) is 0 Å². The van der Waals surface area contributed by atoms with E-state index in [0.29, 0.717) is 6.32 Å². The van der Waals surface area contributed by atoms with Crippen LogP contribution in [0, 0.1) is 0 Å². The Bertz CT molecular complexity index is 18.0. The van der Waals surface area contributed by atoms with Gasteiger partial charge in [0, 0.05) is 0 Å². The maximum atomic E-state index is 4.85. The average Bonchev–Trinajstić information content (AvgIpc) is 1.37. The van der Waals surface area contributed by atoms with Crippen LogP contribution in [0.5, 0.6) is 0 Å². The molecule has 0 aromatic carbocycles. The van der Waals surface area contributed by atoms with Crippen LogP contribution in [-0.2, 0) is 0 Å². The molecule has 0 aliphatic rings. The fourth-order valence-electron chi connectivity index (χ4n) is 0. The Kier molecular flexibility index (Phi) is 3.00. The van der Waals surface area contributed by atoms with E-state index in [4.69, 9.17) is 15.3 Å². The average molecular weight is 48.7 g/mol. The third kappa shape index (κ3) is 2.00. The first-order chi connectivity index (χ1) is 1.91. The van der Waals surface area contributed by atoms with Crippen molar-refractivity contribution in [3.05, 3.63) is 0 Å². The predicted molar refractivity (Wildman–Crippen MR) is 22.4 cm³/mol. The predicted octanol–water partition coefficient (Wildman–Crippen LogP) is -0.456. The van der Waals surface area contributed by atoms with E-state index in [0.717, 1.165) is 0 Å². The van der Waals surface area contributed by atoms with Crippen molar-refractivity contribution < 1.29 is 0 Å². The summed E-state index contributed by atoms with van der Waals surface area (Å²) in [6.07, 6.45) is 0.472. The molecule has 0 heterocycles. The zero-order valence-electron chi connectivity index (χ0n) is 2.44. The van der Waals surface area contributed by atoms with Crippen molar-refractivity contribution in [1.29, 1.82) is 0 Å². The third-order valence-corrected chi connectivity index (χ3v) is 0.136. The van der Waals surface area contributed by atoms with Crippen LogP contribution in [0.1, 0.15) is 0 Å². The first kappa shape index (κ1) is 4.00. The van der Waals surface area contributed by atoms with E-state index in [1.165, 1.54) is 5.97 Å². The van der Waals surface area contributed by atoms with Crippen molar-refractivity contribution in [2.75, 3.05) is 0 Å². The SMILES string of the molecule is [B]CC=[B]. The third-order valence-electron chi connectivity index (χ3n) is 0.136. The van der Waals surface area contributed by atoms with Gasteiger partial charge in [0.25, 0.3) is 0 Å². The molecule has 0 aromatic heterocycles.